The molecule has 1 aromatic carbocycles. The van der Waals surface area contributed by atoms with Gasteiger partial charge in [0.1, 0.15) is 0 Å². The highest BCUT2D eigenvalue weighted by atomic mass is 16.4. The summed E-state index contributed by atoms with van der Waals surface area (Å²) in [5.41, 5.74) is 2.73. The number of hydrogen-bond acceptors (Lipinski definition) is 6. The standard InChI is InChI=1S/C19H17N5O2/c1-2-3-9-16-22-23-18(26-16)19(25)24-11-14-10-20-17(21-15(14)12-24)13-7-5-4-6-8-13/h2-8,10H,9,11-12H2,1H3. The van der Waals surface area contributed by atoms with E-state index in [4.69, 9.17) is 4.42 Å². The van der Waals surface area contributed by atoms with Gasteiger partial charge >= 0.3 is 11.8 Å². The third kappa shape index (κ3) is 3.11. The van der Waals surface area contributed by atoms with Gasteiger partial charge in [0.2, 0.25) is 5.89 Å². The molecule has 1 aliphatic rings. The Bertz CT molecular complexity index is 965. The number of carbonyl (C=O) groups is 1. The molecule has 0 fully saturated rings. The van der Waals surface area contributed by atoms with Gasteiger partial charge in [-0.15, -0.1) is 10.2 Å². The van der Waals surface area contributed by atoms with Crippen LogP contribution in [0.4, 0.5) is 0 Å². The monoisotopic (exact) mass is 347 g/mol. The van der Waals surface area contributed by atoms with Crippen LogP contribution >= 0.6 is 0 Å². The molecule has 26 heavy (non-hydrogen) atoms. The summed E-state index contributed by atoms with van der Waals surface area (Å²) in [5, 5.41) is 7.77. The van der Waals surface area contributed by atoms with Crippen LogP contribution in [0.15, 0.2) is 53.1 Å². The average molecular weight is 347 g/mol. The predicted molar refractivity (Wildman–Crippen MR) is 93.9 cm³/mol. The topological polar surface area (TPSA) is 85.0 Å². The van der Waals surface area contributed by atoms with E-state index in [2.05, 4.69) is 20.2 Å². The summed E-state index contributed by atoms with van der Waals surface area (Å²) < 4.78 is 5.45. The molecule has 0 aliphatic carbocycles. The number of carbonyl (C=O) groups excluding carboxylic acids is 1. The number of amides is 1. The van der Waals surface area contributed by atoms with Gasteiger partial charge in [0.05, 0.1) is 12.2 Å². The van der Waals surface area contributed by atoms with Gasteiger partial charge in [-0.2, -0.15) is 0 Å². The van der Waals surface area contributed by atoms with Crippen LogP contribution in [0.2, 0.25) is 0 Å². The molecule has 0 bridgehead atoms. The molecule has 7 nitrogen and oxygen atoms in total. The van der Waals surface area contributed by atoms with Crippen molar-refractivity contribution in [2.45, 2.75) is 26.4 Å². The van der Waals surface area contributed by atoms with E-state index in [-0.39, 0.29) is 11.8 Å². The molecular formula is C19H17N5O2. The number of hydrogen-bond donors (Lipinski definition) is 0. The van der Waals surface area contributed by atoms with Gasteiger partial charge in [-0.25, -0.2) is 9.97 Å². The molecule has 2 aromatic heterocycles. The molecule has 0 atom stereocenters. The second kappa shape index (κ2) is 6.87. The summed E-state index contributed by atoms with van der Waals surface area (Å²) in [5.74, 6) is 0.802. The van der Waals surface area contributed by atoms with E-state index < -0.39 is 0 Å². The molecule has 1 aliphatic heterocycles. The molecule has 7 heteroatoms. The quantitative estimate of drug-likeness (QED) is 0.675. The predicted octanol–water partition coefficient (Wildman–Crippen LogP) is 2.80. The first kappa shape index (κ1) is 16.1. The summed E-state index contributed by atoms with van der Waals surface area (Å²) in [6.45, 7) is 2.76. The van der Waals surface area contributed by atoms with Crippen molar-refractivity contribution in [2.24, 2.45) is 0 Å². The number of benzene rings is 1. The lowest BCUT2D eigenvalue weighted by Gasteiger charge is -2.11. The van der Waals surface area contributed by atoms with Crippen molar-refractivity contribution in [3.8, 4) is 11.4 Å². The number of rotatable bonds is 4. The third-order valence-corrected chi connectivity index (χ3v) is 4.15. The molecular weight excluding hydrogens is 330 g/mol. The molecule has 130 valence electrons. The Hall–Kier alpha value is -3.35. The zero-order chi connectivity index (χ0) is 17.9. The number of aromatic nitrogens is 4. The summed E-state index contributed by atoms with van der Waals surface area (Å²) in [7, 11) is 0. The number of nitrogens with zero attached hydrogens (tertiary/aromatic N) is 5. The SMILES string of the molecule is CC=CCc1nnc(C(=O)N2Cc3cnc(-c4ccccc4)nc3C2)o1. The normalized spacial score (nSPS) is 13.3. The van der Waals surface area contributed by atoms with Crippen LogP contribution in [0, 0.1) is 0 Å². The van der Waals surface area contributed by atoms with Crippen LogP contribution in [0.1, 0.15) is 34.8 Å². The Morgan fingerprint density at radius 1 is 1.23 bits per heavy atom. The van der Waals surface area contributed by atoms with Crippen molar-refractivity contribution >= 4 is 5.91 Å². The van der Waals surface area contributed by atoms with Crippen molar-refractivity contribution in [3.63, 3.8) is 0 Å². The molecule has 0 unspecified atom stereocenters. The lowest BCUT2D eigenvalue weighted by molar-refractivity contribution is 0.0708. The van der Waals surface area contributed by atoms with E-state index in [9.17, 15) is 4.79 Å². The largest absolute Gasteiger partial charge is 0.417 e. The zero-order valence-corrected chi connectivity index (χ0v) is 14.3. The second-order valence-electron chi connectivity index (χ2n) is 5.97. The minimum absolute atomic E-state index is 0.00792. The Balaban J connectivity index is 1.51. The van der Waals surface area contributed by atoms with Crippen molar-refractivity contribution < 1.29 is 9.21 Å². The van der Waals surface area contributed by atoms with E-state index in [1.807, 2.05) is 49.4 Å². The first-order chi connectivity index (χ1) is 12.7. The van der Waals surface area contributed by atoms with E-state index in [1.54, 1.807) is 11.1 Å². The minimum Gasteiger partial charge on any atom is -0.417 e. The minimum atomic E-state index is -0.288. The summed E-state index contributed by atoms with van der Waals surface area (Å²) in [6.07, 6.45) is 6.09. The Labute approximate surface area is 150 Å². The fourth-order valence-corrected chi connectivity index (χ4v) is 2.80. The summed E-state index contributed by atoms with van der Waals surface area (Å²) in [4.78, 5) is 23.3. The fraction of sp³-hybridized carbons (Fsp3) is 0.211. The third-order valence-electron chi connectivity index (χ3n) is 4.15. The fourth-order valence-electron chi connectivity index (χ4n) is 2.80. The molecule has 0 saturated heterocycles. The maximum atomic E-state index is 12.6. The average Bonchev–Trinajstić information content (AvgIpc) is 3.33. The number of allylic oxidation sites excluding steroid dienone is 2. The first-order valence-electron chi connectivity index (χ1n) is 8.37. The molecule has 4 rings (SSSR count). The van der Waals surface area contributed by atoms with Gasteiger partial charge in [-0.1, -0.05) is 42.5 Å². The Kier molecular flexibility index (Phi) is 4.27. The van der Waals surface area contributed by atoms with Gasteiger partial charge in [-0.05, 0) is 6.92 Å². The van der Waals surface area contributed by atoms with Gasteiger partial charge in [-0.3, -0.25) is 4.79 Å². The first-order valence-corrected chi connectivity index (χ1v) is 8.37. The number of fused-ring (bicyclic) bond motifs is 1. The molecule has 0 N–H and O–H groups in total. The lowest BCUT2D eigenvalue weighted by atomic mass is 10.2. The van der Waals surface area contributed by atoms with Crippen molar-refractivity contribution in [3.05, 3.63) is 71.7 Å². The molecule has 0 spiro atoms. The van der Waals surface area contributed by atoms with Crippen molar-refractivity contribution in [1.82, 2.24) is 25.1 Å². The van der Waals surface area contributed by atoms with Gasteiger partial charge < -0.3 is 9.32 Å². The Morgan fingerprint density at radius 2 is 2.08 bits per heavy atom. The highest BCUT2D eigenvalue weighted by Crippen LogP contribution is 2.24. The summed E-state index contributed by atoms with van der Waals surface area (Å²) >= 11 is 0. The van der Waals surface area contributed by atoms with Gasteiger partial charge in [0, 0.05) is 30.3 Å². The van der Waals surface area contributed by atoms with Gasteiger partial charge in [0.15, 0.2) is 5.82 Å². The Morgan fingerprint density at radius 3 is 2.88 bits per heavy atom. The highest BCUT2D eigenvalue weighted by Gasteiger charge is 2.29. The molecule has 1 amide bonds. The van der Waals surface area contributed by atoms with Crippen LogP contribution < -0.4 is 0 Å². The van der Waals surface area contributed by atoms with Gasteiger partial charge in [0.25, 0.3) is 0 Å². The molecule has 0 saturated carbocycles. The zero-order valence-electron chi connectivity index (χ0n) is 14.3. The maximum Gasteiger partial charge on any atom is 0.312 e. The van der Waals surface area contributed by atoms with Crippen LogP contribution in [0.5, 0.6) is 0 Å². The molecule has 3 aromatic rings. The highest BCUT2D eigenvalue weighted by molar-refractivity contribution is 5.89. The van der Waals surface area contributed by atoms with E-state index in [0.29, 0.717) is 31.2 Å². The van der Waals surface area contributed by atoms with Crippen molar-refractivity contribution in [1.29, 1.82) is 0 Å². The lowest BCUT2D eigenvalue weighted by Crippen LogP contribution is -2.25. The van der Waals surface area contributed by atoms with Crippen LogP contribution in [0.3, 0.4) is 0 Å². The van der Waals surface area contributed by atoms with Crippen molar-refractivity contribution in [2.75, 3.05) is 0 Å². The van der Waals surface area contributed by atoms with Crippen LogP contribution in [-0.2, 0) is 19.5 Å². The van der Waals surface area contributed by atoms with E-state index in [0.717, 1.165) is 16.8 Å². The smallest absolute Gasteiger partial charge is 0.312 e. The molecule has 3 heterocycles. The van der Waals surface area contributed by atoms with Crippen LogP contribution in [-0.4, -0.2) is 31.0 Å². The van der Waals surface area contributed by atoms with Crippen LogP contribution in [0.25, 0.3) is 11.4 Å². The summed E-state index contributed by atoms with van der Waals surface area (Å²) in [6, 6.07) is 9.77. The maximum absolute atomic E-state index is 12.6. The van der Waals surface area contributed by atoms with E-state index >= 15 is 0 Å². The second-order valence-corrected chi connectivity index (χ2v) is 5.97. The van der Waals surface area contributed by atoms with E-state index in [1.165, 1.54) is 0 Å². The molecule has 0 radical (unpaired) electrons.